The Kier molecular flexibility index (Phi) is 7.55. The molecule has 196 valence electrons. The van der Waals surface area contributed by atoms with Crippen molar-refractivity contribution in [2.24, 2.45) is 0 Å². The van der Waals surface area contributed by atoms with E-state index in [1.165, 1.54) is 4.90 Å². The second kappa shape index (κ2) is 11.4. The van der Waals surface area contributed by atoms with E-state index >= 15 is 0 Å². The van der Waals surface area contributed by atoms with Gasteiger partial charge in [-0.1, -0.05) is 78.9 Å². The van der Waals surface area contributed by atoms with Crippen LogP contribution in [0.2, 0.25) is 0 Å². The lowest BCUT2D eigenvalue weighted by molar-refractivity contribution is -0.378. The number of aromatic amines is 1. The van der Waals surface area contributed by atoms with Crippen LogP contribution in [-0.4, -0.2) is 16.6 Å². The van der Waals surface area contributed by atoms with Crippen molar-refractivity contribution in [1.29, 1.82) is 0 Å². The Hall–Kier alpha value is -4.71. The van der Waals surface area contributed by atoms with Gasteiger partial charge >= 0.3 is 0 Å². The van der Waals surface area contributed by atoms with Crippen molar-refractivity contribution >= 4 is 17.4 Å². The van der Waals surface area contributed by atoms with Gasteiger partial charge < -0.3 is 14.7 Å². The summed E-state index contributed by atoms with van der Waals surface area (Å²) in [6, 6.07) is 25.5. The molecule has 1 unspecified atom stereocenters. The van der Waals surface area contributed by atoms with Crippen molar-refractivity contribution in [2.45, 2.75) is 39.5 Å². The van der Waals surface area contributed by atoms with Crippen molar-refractivity contribution in [2.75, 3.05) is 0 Å². The highest BCUT2D eigenvalue weighted by Crippen LogP contribution is 2.39. The summed E-state index contributed by atoms with van der Waals surface area (Å²) in [5, 5.41) is 13.8. The summed E-state index contributed by atoms with van der Waals surface area (Å²) in [7, 11) is 0. The van der Waals surface area contributed by atoms with E-state index in [1.54, 1.807) is 36.7 Å². The lowest BCUT2D eigenvalue weighted by Crippen LogP contribution is -2.29. The van der Waals surface area contributed by atoms with Crippen molar-refractivity contribution in [3.05, 3.63) is 136 Å². The van der Waals surface area contributed by atoms with Gasteiger partial charge in [-0.2, -0.15) is 0 Å². The third-order valence-electron chi connectivity index (χ3n) is 6.98. The molecule has 0 bridgehead atoms. The zero-order chi connectivity index (χ0) is 27.4. The van der Waals surface area contributed by atoms with Crippen LogP contribution in [0.4, 0.5) is 0 Å². The Labute approximate surface area is 228 Å². The lowest BCUT2D eigenvalue weighted by atomic mass is 9.94. The zero-order valence-corrected chi connectivity index (χ0v) is 22.0. The van der Waals surface area contributed by atoms with E-state index in [4.69, 9.17) is 4.74 Å². The normalized spacial score (nSPS) is 16.5. The van der Waals surface area contributed by atoms with E-state index in [0.29, 0.717) is 17.9 Å². The van der Waals surface area contributed by atoms with Crippen molar-refractivity contribution in [1.82, 2.24) is 4.90 Å². The van der Waals surface area contributed by atoms with Crippen LogP contribution < -0.4 is 14.8 Å². The molecule has 0 spiro atoms. The molecule has 5 rings (SSSR count). The fourth-order valence-corrected chi connectivity index (χ4v) is 4.87. The first-order chi connectivity index (χ1) is 18.9. The zero-order valence-electron chi connectivity index (χ0n) is 22.0. The third-order valence-corrected chi connectivity index (χ3v) is 6.98. The van der Waals surface area contributed by atoms with E-state index in [-0.39, 0.29) is 12.1 Å². The Morgan fingerprint density at radius 1 is 0.897 bits per heavy atom. The number of H-pyrrole nitrogens is 1. The second-order valence-electron chi connectivity index (χ2n) is 9.71. The van der Waals surface area contributed by atoms with Crippen molar-refractivity contribution in [3.63, 3.8) is 0 Å². The first-order valence-electron chi connectivity index (χ1n) is 13.0. The van der Waals surface area contributed by atoms with Gasteiger partial charge in [0.15, 0.2) is 12.4 Å². The molecule has 1 N–H and O–H groups in total. The number of carbonyl (C=O) groups is 2. The maximum Gasteiger partial charge on any atom is 0.295 e. The first kappa shape index (κ1) is 25.9. The van der Waals surface area contributed by atoms with Gasteiger partial charge in [-0.15, -0.1) is 0 Å². The molecule has 3 aromatic carbocycles. The predicted molar refractivity (Wildman–Crippen MR) is 146 cm³/mol. The molecular weight excluding hydrogens is 488 g/mol. The number of Topliss-reactive ketones (excluding diaryl/α,β-unsaturated/α-hetero) is 1. The predicted octanol–water partition coefficient (Wildman–Crippen LogP) is 4.37. The third kappa shape index (κ3) is 5.60. The van der Waals surface area contributed by atoms with Crippen LogP contribution in [0.15, 0.2) is 103 Å². The molecule has 6 heteroatoms. The number of hydrogen-bond donors (Lipinski definition) is 0. The molecule has 1 fully saturated rings. The van der Waals surface area contributed by atoms with Crippen LogP contribution in [0.5, 0.6) is 5.75 Å². The Bertz CT molecular complexity index is 1510. The van der Waals surface area contributed by atoms with Gasteiger partial charge in [0, 0.05) is 24.3 Å². The highest BCUT2D eigenvalue weighted by molar-refractivity contribution is 6.46. The Morgan fingerprint density at radius 2 is 1.62 bits per heavy atom. The number of amides is 1. The number of likely N-dealkylation sites (tertiary alicyclic amines) is 1. The number of aromatic nitrogens is 1. The average molecular weight is 519 g/mol. The summed E-state index contributed by atoms with van der Waals surface area (Å²) in [6.07, 6.45) is 4.39. The van der Waals surface area contributed by atoms with Crippen LogP contribution in [0.1, 0.15) is 46.3 Å². The number of benzene rings is 3. The van der Waals surface area contributed by atoms with E-state index in [1.807, 2.05) is 61.5 Å². The van der Waals surface area contributed by atoms with Crippen LogP contribution >= 0.6 is 0 Å². The molecule has 0 radical (unpaired) electrons. The quantitative estimate of drug-likeness (QED) is 0.197. The Balaban J connectivity index is 1.47. The smallest absolute Gasteiger partial charge is 0.295 e. The van der Waals surface area contributed by atoms with Gasteiger partial charge in [0.05, 0.1) is 6.04 Å². The summed E-state index contributed by atoms with van der Waals surface area (Å²) in [5.41, 5.74) is 5.23. The molecule has 4 aromatic rings. The standard InChI is InChI=1S/C33H30N2O4/c1-3-23-7-9-26(10-8-23)30-29(32(37)33(38)35(30)20-24-15-17-34-18-16-24)31(36)27-11-13-28(14-12-27)39-21-25-6-4-5-22(2)19-25/h4-19,30,36H,3,20-21H2,1-2H3. The topological polar surface area (TPSA) is 83.8 Å². The first-order valence-corrected chi connectivity index (χ1v) is 13.0. The number of hydrogen-bond acceptors (Lipinski definition) is 4. The van der Waals surface area contributed by atoms with Crippen molar-refractivity contribution < 1.29 is 24.4 Å². The minimum absolute atomic E-state index is 0.0276. The van der Waals surface area contributed by atoms with Crippen LogP contribution in [-0.2, 0) is 29.2 Å². The summed E-state index contributed by atoms with van der Waals surface area (Å²) in [5.74, 6) is -1.27. The van der Waals surface area contributed by atoms with Gasteiger partial charge in [0.2, 0.25) is 5.78 Å². The molecular formula is C33H30N2O4. The minimum Gasteiger partial charge on any atom is -0.872 e. The highest BCUT2D eigenvalue weighted by Gasteiger charge is 2.44. The summed E-state index contributed by atoms with van der Waals surface area (Å²) >= 11 is 0. The van der Waals surface area contributed by atoms with E-state index in [9.17, 15) is 14.7 Å². The van der Waals surface area contributed by atoms with E-state index in [0.717, 1.165) is 34.2 Å². The number of ether oxygens (including phenoxy) is 1. The summed E-state index contributed by atoms with van der Waals surface area (Å²) in [6.45, 7) is 4.71. The maximum absolute atomic E-state index is 13.8. The van der Waals surface area contributed by atoms with Crippen LogP contribution in [0, 0.1) is 6.92 Å². The number of carbonyl (C=O) groups excluding carboxylic acids is 2. The number of aryl methyl sites for hydroxylation is 2. The second-order valence-corrected chi connectivity index (χ2v) is 9.71. The molecule has 1 atom stereocenters. The molecule has 39 heavy (non-hydrogen) atoms. The molecule has 0 aliphatic carbocycles. The van der Waals surface area contributed by atoms with Gasteiger partial charge in [0.25, 0.3) is 5.91 Å². The summed E-state index contributed by atoms with van der Waals surface area (Å²) < 4.78 is 5.89. The average Bonchev–Trinajstić information content (AvgIpc) is 3.21. The van der Waals surface area contributed by atoms with E-state index < -0.39 is 23.5 Å². The Morgan fingerprint density at radius 3 is 2.28 bits per heavy atom. The molecule has 1 aromatic heterocycles. The number of nitrogens with one attached hydrogen (secondary N) is 1. The van der Waals surface area contributed by atoms with Gasteiger partial charge in [-0.25, -0.2) is 4.98 Å². The largest absolute Gasteiger partial charge is 0.872 e. The molecule has 1 aliphatic rings. The maximum atomic E-state index is 13.8. The van der Waals surface area contributed by atoms with Gasteiger partial charge in [-0.3, -0.25) is 9.59 Å². The van der Waals surface area contributed by atoms with Crippen LogP contribution in [0.3, 0.4) is 0 Å². The number of ketones is 1. The fourth-order valence-electron chi connectivity index (χ4n) is 4.87. The lowest BCUT2D eigenvalue weighted by Gasteiger charge is -2.27. The fraction of sp³-hybridized carbons (Fsp3) is 0.182. The van der Waals surface area contributed by atoms with Crippen LogP contribution in [0.25, 0.3) is 5.76 Å². The molecule has 1 amide bonds. The summed E-state index contributed by atoms with van der Waals surface area (Å²) in [4.78, 5) is 31.0. The van der Waals surface area contributed by atoms with Gasteiger partial charge in [-0.05, 0) is 53.3 Å². The number of pyridine rings is 1. The van der Waals surface area contributed by atoms with Gasteiger partial charge in [0.1, 0.15) is 12.4 Å². The molecule has 0 saturated carbocycles. The molecule has 1 aliphatic heterocycles. The number of nitrogens with zero attached hydrogens (tertiary/aromatic N) is 1. The van der Waals surface area contributed by atoms with E-state index in [2.05, 4.69) is 18.0 Å². The molecule has 2 heterocycles. The number of rotatable bonds is 8. The minimum atomic E-state index is -0.773. The monoisotopic (exact) mass is 518 g/mol. The SMILES string of the molecule is CCc1ccc(C2C(=C([O-])c3ccc(OCc4cccc(C)c4)cc3)C(=O)C(=O)N2Cc2cc[nH+]cc2)cc1. The molecule has 1 saturated heterocycles. The highest BCUT2D eigenvalue weighted by atomic mass is 16.5. The molecule has 6 nitrogen and oxygen atoms in total. The van der Waals surface area contributed by atoms with Crippen molar-refractivity contribution in [3.8, 4) is 5.75 Å².